The third-order valence-electron chi connectivity index (χ3n) is 7.32. The summed E-state index contributed by atoms with van der Waals surface area (Å²) in [6, 6.07) is 26.2. The van der Waals surface area contributed by atoms with Gasteiger partial charge in [0, 0.05) is 16.5 Å². The van der Waals surface area contributed by atoms with Crippen LogP contribution in [-0.2, 0) is 12.7 Å². The van der Waals surface area contributed by atoms with E-state index in [0.29, 0.717) is 30.4 Å². The zero-order valence-electron chi connectivity index (χ0n) is 23.6. The van der Waals surface area contributed by atoms with Crippen LogP contribution in [-0.4, -0.2) is 11.4 Å². The molecule has 5 rings (SSSR count). The van der Waals surface area contributed by atoms with E-state index in [0.717, 1.165) is 22.8 Å². The Balaban J connectivity index is 0.00000112. The van der Waals surface area contributed by atoms with E-state index in [4.69, 9.17) is 30.4 Å². The molecule has 0 radical (unpaired) electrons. The summed E-state index contributed by atoms with van der Waals surface area (Å²) in [6.45, 7) is 15.7. The molecular formula is C34H36Cl2N2Ni. The fourth-order valence-corrected chi connectivity index (χ4v) is 5.38. The molecule has 0 unspecified atom stereocenters. The van der Waals surface area contributed by atoms with Crippen molar-refractivity contribution in [2.24, 2.45) is 9.98 Å². The van der Waals surface area contributed by atoms with Crippen molar-refractivity contribution in [2.45, 2.75) is 66.2 Å². The van der Waals surface area contributed by atoms with Crippen LogP contribution in [0.1, 0.15) is 92.7 Å². The standard InChI is InChI=1S/C34H36N2.2ClH.Ni/c1-20(2)25-15-8-12-23(7)31(25)35-33-28-18-9-13-24-14-10-19-29(30(24)28)34(33)36-32-26(21(3)4)16-11-17-27(32)22(5)6;;;/h8-22H,1-7H3;2*1H;/q;;;+2/p-2. The van der Waals surface area contributed by atoms with Gasteiger partial charge in [0.1, 0.15) is 0 Å². The van der Waals surface area contributed by atoms with Gasteiger partial charge in [-0.05, 0) is 52.3 Å². The van der Waals surface area contributed by atoms with Gasteiger partial charge in [-0.2, -0.15) is 0 Å². The number of para-hydroxylation sites is 2. The number of benzene rings is 4. The third kappa shape index (κ3) is 6.02. The second kappa shape index (κ2) is 12.8. The number of hydrogen-bond acceptors (Lipinski definition) is 2. The number of hydrogen-bond donors (Lipinski definition) is 0. The third-order valence-corrected chi connectivity index (χ3v) is 7.32. The molecule has 0 atom stereocenters. The molecule has 2 nitrogen and oxygen atoms in total. The number of halogens is 2. The molecule has 1 aliphatic carbocycles. The Bertz CT molecular complexity index is 1520. The molecule has 0 saturated heterocycles. The topological polar surface area (TPSA) is 24.7 Å². The molecule has 0 heterocycles. The molecule has 0 saturated carbocycles. The summed E-state index contributed by atoms with van der Waals surface area (Å²) < 4.78 is 0. The van der Waals surface area contributed by atoms with Crippen molar-refractivity contribution < 1.29 is 12.7 Å². The molecule has 0 N–H and O–H groups in total. The van der Waals surface area contributed by atoms with E-state index in [9.17, 15) is 0 Å². The van der Waals surface area contributed by atoms with Crippen molar-refractivity contribution in [2.75, 3.05) is 0 Å². The van der Waals surface area contributed by atoms with Gasteiger partial charge in [-0.15, -0.1) is 0 Å². The van der Waals surface area contributed by atoms with Crippen LogP contribution < -0.4 is 0 Å². The van der Waals surface area contributed by atoms with Crippen molar-refractivity contribution in [3.63, 3.8) is 0 Å². The predicted molar refractivity (Wildman–Crippen MR) is 168 cm³/mol. The molecule has 4 aromatic carbocycles. The molecular weight excluding hydrogens is 566 g/mol. The molecule has 206 valence electrons. The van der Waals surface area contributed by atoms with Crippen LogP contribution in [0.15, 0.2) is 82.8 Å². The van der Waals surface area contributed by atoms with Gasteiger partial charge in [0.15, 0.2) is 0 Å². The summed E-state index contributed by atoms with van der Waals surface area (Å²) in [6.07, 6.45) is 0. The van der Waals surface area contributed by atoms with E-state index >= 15 is 0 Å². The molecule has 0 aliphatic heterocycles. The van der Waals surface area contributed by atoms with Gasteiger partial charge in [-0.1, -0.05) is 114 Å². The monoisotopic (exact) mass is 600 g/mol. The fraction of sp³-hybridized carbons (Fsp3) is 0.294. The van der Waals surface area contributed by atoms with Gasteiger partial charge in [-0.3, -0.25) is 0 Å². The Kier molecular flexibility index (Phi) is 9.70. The van der Waals surface area contributed by atoms with Gasteiger partial charge in [0.2, 0.25) is 0 Å². The van der Waals surface area contributed by atoms with Gasteiger partial charge < -0.3 is 0 Å². The van der Waals surface area contributed by atoms with Crippen LogP contribution in [0.25, 0.3) is 10.8 Å². The number of rotatable bonds is 5. The molecule has 0 bridgehead atoms. The molecule has 0 amide bonds. The van der Waals surface area contributed by atoms with Crippen molar-refractivity contribution >= 4 is 54.0 Å². The fourth-order valence-electron chi connectivity index (χ4n) is 5.38. The maximum absolute atomic E-state index is 5.51. The average molecular weight is 602 g/mol. The van der Waals surface area contributed by atoms with E-state index in [1.54, 1.807) is 0 Å². The molecule has 0 aromatic heterocycles. The first-order chi connectivity index (χ1) is 18.7. The van der Waals surface area contributed by atoms with Gasteiger partial charge in [-0.25, -0.2) is 9.98 Å². The Morgan fingerprint density at radius 2 is 0.949 bits per heavy atom. The zero-order valence-corrected chi connectivity index (χ0v) is 26.1. The van der Waals surface area contributed by atoms with Crippen LogP contribution in [0.2, 0.25) is 0 Å². The van der Waals surface area contributed by atoms with Gasteiger partial charge >= 0.3 is 33.0 Å². The van der Waals surface area contributed by atoms with Crippen LogP contribution >= 0.6 is 20.4 Å². The zero-order chi connectivity index (χ0) is 28.3. The first-order valence-corrected chi connectivity index (χ1v) is 16.2. The first-order valence-electron chi connectivity index (χ1n) is 13.4. The van der Waals surface area contributed by atoms with E-state index in [2.05, 4.69) is 121 Å². The van der Waals surface area contributed by atoms with E-state index in [-0.39, 0.29) is 0 Å². The van der Waals surface area contributed by atoms with Crippen LogP contribution in [0.3, 0.4) is 0 Å². The van der Waals surface area contributed by atoms with E-state index < -0.39 is 0 Å². The quantitative estimate of drug-likeness (QED) is 0.203. The average Bonchev–Trinajstić information content (AvgIpc) is 3.19. The first kappa shape index (κ1) is 29.5. The van der Waals surface area contributed by atoms with E-state index in [1.807, 2.05) is 0 Å². The molecule has 39 heavy (non-hydrogen) atoms. The Labute approximate surface area is 247 Å². The van der Waals surface area contributed by atoms with Crippen LogP contribution in [0.5, 0.6) is 0 Å². The predicted octanol–water partition coefficient (Wildman–Crippen LogP) is 11.2. The second-order valence-electron chi connectivity index (χ2n) is 10.9. The van der Waals surface area contributed by atoms with Gasteiger partial charge in [0.25, 0.3) is 0 Å². The molecule has 5 heteroatoms. The Hall–Kier alpha value is -2.45. The summed E-state index contributed by atoms with van der Waals surface area (Å²) in [5, 5.41) is 2.49. The molecule has 0 fully saturated rings. The summed E-state index contributed by atoms with van der Waals surface area (Å²) in [4.78, 5) is 10.9. The second-order valence-corrected chi connectivity index (χ2v) is 12.6. The minimum atomic E-state index is 0.381. The van der Waals surface area contributed by atoms with Crippen molar-refractivity contribution in [1.29, 1.82) is 0 Å². The summed E-state index contributed by atoms with van der Waals surface area (Å²) in [7, 11) is 9.40. The number of nitrogens with zero attached hydrogens (tertiary/aromatic N) is 2. The summed E-state index contributed by atoms with van der Waals surface area (Å²) in [5.41, 5.74) is 11.5. The van der Waals surface area contributed by atoms with Crippen molar-refractivity contribution in [1.82, 2.24) is 0 Å². The van der Waals surface area contributed by atoms with Crippen LogP contribution in [0.4, 0.5) is 11.4 Å². The molecule has 4 aromatic rings. The number of aryl methyl sites for hydroxylation is 1. The van der Waals surface area contributed by atoms with Gasteiger partial charge in [0.05, 0.1) is 22.8 Å². The molecule has 1 aliphatic rings. The number of aliphatic imine (C=N–C) groups is 2. The van der Waals surface area contributed by atoms with Crippen molar-refractivity contribution in [3.8, 4) is 0 Å². The Morgan fingerprint density at radius 3 is 1.41 bits per heavy atom. The SMILES string of the molecule is Cc1cccc(C(C)C)c1N=C1C(=Nc2c(C(C)C)cccc2C(C)C)c2cccc3cccc1c23.[Cl][Ni][Cl]. The minimum absolute atomic E-state index is 0.381. The Morgan fingerprint density at radius 1 is 0.564 bits per heavy atom. The van der Waals surface area contributed by atoms with E-state index in [1.165, 1.54) is 44.2 Å². The molecule has 0 spiro atoms. The van der Waals surface area contributed by atoms with Crippen LogP contribution in [0, 0.1) is 6.92 Å². The van der Waals surface area contributed by atoms with Crippen molar-refractivity contribution in [3.05, 3.63) is 106 Å². The summed E-state index contributed by atoms with van der Waals surface area (Å²) in [5.74, 6) is 1.15. The summed E-state index contributed by atoms with van der Waals surface area (Å²) >= 11 is 0.569. The maximum atomic E-state index is 5.51. The normalized spacial score (nSPS) is 14.8.